The van der Waals surface area contributed by atoms with Crippen molar-refractivity contribution in [1.82, 2.24) is 0 Å². The molecule has 0 amide bonds. The van der Waals surface area contributed by atoms with Crippen LogP contribution in [0.25, 0.3) is 0 Å². The number of phenols is 1. The molecule has 3 N–H and O–H groups in total. The van der Waals surface area contributed by atoms with Crippen LogP contribution in [0.2, 0.25) is 0 Å². The maximum atomic E-state index is 11.2. The number of hydrogen-bond donors (Lipinski definition) is 2. The molecule has 0 aliphatic rings. The van der Waals surface area contributed by atoms with Crippen LogP contribution in [-0.4, -0.2) is 25.3 Å². The number of rotatable bonds is 2. The highest BCUT2D eigenvalue weighted by Gasteiger charge is 2.18. The normalized spacial score (nSPS) is 9.57. The molecule has 0 radical (unpaired) electrons. The van der Waals surface area contributed by atoms with Crippen LogP contribution in [0.15, 0.2) is 12.1 Å². The van der Waals surface area contributed by atoms with Gasteiger partial charge < -0.3 is 20.3 Å². The van der Waals surface area contributed by atoms with Gasteiger partial charge in [-0.15, -0.1) is 0 Å². The van der Waals surface area contributed by atoms with E-state index in [1.807, 2.05) is 0 Å². The van der Waals surface area contributed by atoms with Crippen molar-refractivity contribution in [3.05, 3.63) is 17.7 Å². The molecule has 14 heavy (non-hydrogen) atoms. The lowest BCUT2D eigenvalue weighted by Gasteiger charge is -2.09. The molecule has 0 aromatic heterocycles. The third-order valence-electron chi connectivity index (χ3n) is 1.79. The van der Waals surface area contributed by atoms with E-state index in [-0.39, 0.29) is 17.0 Å². The number of phenolic OH excluding ortho intramolecular Hbond substituents is 1. The molecular weight excluding hydrogens is 186 g/mol. The van der Waals surface area contributed by atoms with Crippen LogP contribution in [0, 0.1) is 0 Å². The van der Waals surface area contributed by atoms with Crippen LogP contribution < -0.4 is 10.5 Å². The number of carbonyl (C=O) groups excluding carboxylic acids is 1. The Labute approximate surface area is 81.0 Å². The van der Waals surface area contributed by atoms with Gasteiger partial charge in [0.1, 0.15) is 17.1 Å². The standard InChI is InChI=1S/C9H11NO4/c1-13-6-4-3-5(11)7(8(6)10)9(12)14-2/h3-4,11H,10H2,1-2H3. The van der Waals surface area contributed by atoms with E-state index in [4.69, 9.17) is 10.5 Å². The van der Waals surface area contributed by atoms with Gasteiger partial charge in [0, 0.05) is 0 Å². The van der Waals surface area contributed by atoms with Gasteiger partial charge in [0.2, 0.25) is 0 Å². The molecule has 0 saturated carbocycles. The molecule has 5 heteroatoms. The second kappa shape index (κ2) is 3.87. The van der Waals surface area contributed by atoms with Crippen molar-refractivity contribution in [3.63, 3.8) is 0 Å². The molecule has 1 aromatic carbocycles. The summed E-state index contributed by atoms with van der Waals surface area (Å²) in [4.78, 5) is 11.2. The summed E-state index contributed by atoms with van der Waals surface area (Å²) in [5, 5.41) is 9.38. The Morgan fingerprint density at radius 1 is 1.43 bits per heavy atom. The van der Waals surface area contributed by atoms with Gasteiger partial charge in [-0.25, -0.2) is 4.79 Å². The van der Waals surface area contributed by atoms with Crippen molar-refractivity contribution in [3.8, 4) is 11.5 Å². The van der Waals surface area contributed by atoms with Crippen LogP contribution in [-0.2, 0) is 4.74 Å². The third kappa shape index (κ3) is 1.56. The van der Waals surface area contributed by atoms with Crippen LogP contribution in [0.4, 0.5) is 5.69 Å². The largest absolute Gasteiger partial charge is 0.507 e. The van der Waals surface area contributed by atoms with Gasteiger partial charge in [-0.3, -0.25) is 0 Å². The molecule has 0 bridgehead atoms. The summed E-state index contributed by atoms with van der Waals surface area (Å²) in [6, 6.07) is 2.79. The minimum atomic E-state index is -0.695. The topological polar surface area (TPSA) is 81.8 Å². The van der Waals surface area contributed by atoms with E-state index < -0.39 is 5.97 Å². The Kier molecular flexibility index (Phi) is 2.81. The van der Waals surface area contributed by atoms with Gasteiger partial charge in [-0.2, -0.15) is 0 Å². The number of hydrogen-bond acceptors (Lipinski definition) is 5. The number of benzene rings is 1. The first-order valence-electron chi connectivity index (χ1n) is 3.85. The summed E-state index contributed by atoms with van der Waals surface area (Å²) in [6.45, 7) is 0. The summed E-state index contributed by atoms with van der Waals surface area (Å²) >= 11 is 0. The van der Waals surface area contributed by atoms with Gasteiger partial charge in [-0.1, -0.05) is 0 Å². The molecular formula is C9H11NO4. The lowest BCUT2D eigenvalue weighted by atomic mass is 10.1. The van der Waals surface area contributed by atoms with Crippen molar-refractivity contribution in [2.75, 3.05) is 20.0 Å². The maximum Gasteiger partial charge on any atom is 0.343 e. The van der Waals surface area contributed by atoms with E-state index in [0.717, 1.165) is 0 Å². The van der Waals surface area contributed by atoms with E-state index in [1.54, 1.807) is 0 Å². The second-order valence-corrected chi connectivity index (χ2v) is 2.57. The Hall–Kier alpha value is -1.91. The smallest absolute Gasteiger partial charge is 0.343 e. The first-order valence-corrected chi connectivity index (χ1v) is 3.85. The lowest BCUT2D eigenvalue weighted by Crippen LogP contribution is -2.07. The minimum absolute atomic E-state index is 0.0688. The predicted molar refractivity (Wildman–Crippen MR) is 50.4 cm³/mol. The highest BCUT2D eigenvalue weighted by atomic mass is 16.5. The number of anilines is 1. The molecule has 0 aliphatic heterocycles. The van der Waals surface area contributed by atoms with Crippen molar-refractivity contribution in [1.29, 1.82) is 0 Å². The lowest BCUT2D eigenvalue weighted by molar-refractivity contribution is 0.0598. The quantitative estimate of drug-likeness (QED) is 0.540. The molecule has 0 saturated heterocycles. The molecule has 1 rings (SSSR count). The van der Waals surface area contributed by atoms with Crippen molar-refractivity contribution >= 4 is 11.7 Å². The Morgan fingerprint density at radius 2 is 2.07 bits per heavy atom. The summed E-state index contributed by atoms with van der Waals surface area (Å²) < 4.78 is 9.35. The summed E-state index contributed by atoms with van der Waals surface area (Å²) in [6.07, 6.45) is 0. The molecule has 0 aliphatic carbocycles. The molecule has 1 aromatic rings. The molecule has 0 fully saturated rings. The summed E-state index contributed by atoms with van der Waals surface area (Å²) in [5.41, 5.74) is 5.58. The van der Waals surface area contributed by atoms with E-state index in [9.17, 15) is 9.90 Å². The highest BCUT2D eigenvalue weighted by molar-refractivity contribution is 5.99. The zero-order valence-corrected chi connectivity index (χ0v) is 7.90. The average Bonchev–Trinajstić information content (AvgIpc) is 2.18. The van der Waals surface area contributed by atoms with Gasteiger partial charge in [0.25, 0.3) is 0 Å². The van der Waals surface area contributed by atoms with Crippen molar-refractivity contribution < 1.29 is 19.4 Å². The predicted octanol–water partition coefficient (Wildman–Crippen LogP) is 0.770. The first kappa shape index (κ1) is 10.2. The van der Waals surface area contributed by atoms with Crippen LogP contribution >= 0.6 is 0 Å². The Bertz CT molecular complexity index is 362. The zero-order chi connectivity index (χ0) is 10.7. The minimum Gasteiger partial charge on any atom is -0.507 e. The summed E-state index contributed by atoms with van der Waals surface area (Å²) in [7, 11) is 2.63. The van der Waals surface area contributed by atoms with E-state index in [1.165, 1.54) is 26.4 Å². The summed E-state index contributed by atoms with van der Waals surface area (Å²) in [5.74, 6) is -0.600. The van der Waals surface area contributed by atoms with Gasteiger partial charge in [0.05, 0.1) is 19.9 Å². The fourth-order valence-electron chi connectivity index (χ4n) is 1.08. The number of aromatic hydroxyl groups is 1. The number of nitrogen functional groups attached to an aromatic ring is 1. The molecule has 76 valence electrons. The molecule has 0 unspecified atom stereocenters. The monoisotopic (exact) mass is 197 g/mol. The van der Waals surface area contributed by atoms with Crippen molar-refractivity contribution in [2.45, 2.75) is 0 Å². The van der Waals surface area contributed by atoms with E-state index in [2.05, 4.69) is 4.74 Å². The molecule has 0 atom stereocenters. The molecule has 0 heterocycles. The number of esters is 1. The maximum absolute atomic E-state index is 11.2. The van der Waals surface area contributed by atoms with Crippen LogP contribution in [0.5, 0.6) is 11.5 Å². The Balaban J connectivity index is 3.32. The number of nitrogens with two attached hydrogens (primary N) is 1. The fraction of sp³-hybridized carbons (Fsp3) is 0.222. The van der Waals surface area contributed by atoms with Gasteiger partial charge >= 0.3 is 5.97 Å². The first-order chi connectivity index (χ1) is 6.61. The highest BCUT2D eigenvalue weighted by Crippen LogP contribution is 2.32. The van der Waals surface area contributed by atoms with Gasteiger partial charge in [0.15, 0.2) is 0 Å². The molecule has 0 spiro atoms. The van der Waals surface area contributed by atoms with E-state index in [0.29, 0.717) is 5.75 Å². The van der Waals surface area contributed by atoms with Crippen molar-refractivity contribution in [2.24, 2.45) is 0 Å². The molecule has 5 nitrogen and oxygen atoms in total. The second-order valence-electron chi connectivity index (χ2n) is 2.57. The zero-order valence-electron chi connectivity index (χ0n) is 7.90. The van der Waals surface area contributed by atoms with E-state index >= 15 is 0 Å². The number of ether oxygens (including phenoxy) is 2. The average molecular weight is 197 g/mol. The van der Waals surface area contributed by atoms with Crippen LogP contribution in [0.1, 0.15) is 10.4 Å². The number of methoxy groups -OCH3 is 2. The van der Waals surface area contributed by atoms with Crippen LogP contribution in [0.3, 0.4) is 0 Å². The SMILES string of the molecule is COC(=O)c1c(O)ccc(OC)c1N. The number of carbonyl (C=O) groups is 1. The fourth-order valence-corrected chi connectivity index (χ4v) is 1.08. The Morgan fingerprint density at radius 3 is 2.57 bits per heavy atom. The van der Waals surface area contributed by atoms with Gasteiger partial charge in [-0.05, 0) is 12.1 Å². The third-order valence-corrected chi connectivity index (χ3v) is 1.79.